The third kappa shape index (κ3) is 14.1. The van der Waals surface area contributed by atoms with Gasteiger partial charge in [-0.05, 0) is 36.9 Å². The van der Waals surface area contributed by atoms with Crippen LogP contribution in [0.5, 0.6) is 0 Å². The van der Waals surface area contributed by atoms with E-state index in [1.807, 2.05) is 0 Å². The number of aliphatic carboxylic acids is 1. The Labute approximate surface area is 226 Å². The number of hydrogen-bond donors (Lipinski definition) is 2. The van der Waals surface area contributed by atoms with Crippen molar-refractivity contribution in [2.24, 2.45) is 11.8 Å². The highest BCUT2D eigenvalue weighted by Crippen LogP contribution is 2.39. The van der Waals surface area contributed by atoms with Gasteiger partial charge in [0.1, 0.15) is 0 Å². The van der Waals surface area contributed by atoms with E-state index >= 15 is 0 Å². The van der Waals surface area contributed by atoms with Crippen LogP contribution in [0.3, 0.4) is 0 Å². The summed E-state index contributed by atoms with van der Waals surface area (Å²) in [6.07, 6.45) is 20.4. The van der Waals surface area contributed by atoms with Crippen LogP contribution >= 0.6 is 20.2 Å². The molecule has 0 spiro atoms. The zero-order chi connectivity index (χ0) is 26.5. The lowest BCUT2D eigenvalue weighted by molar-refractivity contribution is -0.156. The highest BCUT2D eigenvalue weighted by Gasteiger charge is 2.55. The fourth-order valence-electron chi connectivity index (χ4n) is 5.01. The first-order valence-electron chi connectivity index (χ1n) is 14.7. The third-order valence-electron chi connectivity index (χ3n) is 7.37. The number of ether oxygens (including phenoxy) is 2. The molecule has 4 atom stereocenters. The Hall–Kier alpha value is -0.200. The Balaban J connectivity index is 2.41. The van der Waals surface area contributed by atoms with Gasteiger partial charge in [-0.3, -0.25) is 0 Å². The summed E-state index contributed by atoms with van der Waals surface area (Å²) in [6, 6.07) is 0. The van der Waals surface area contributed by atoms with Crippen molar-refractivity contribution < 1.29 is 29.0 Å². The molecule has 0 aliphatic heterocycles. The average molecular weight is 550 g/mol. The smallest absolute Gasteiger partial charge is 0.392 e. The van der Waals surface area contributed by atoms with Gasteiger partial charge < -0.3 is 19.7 Å². The standard InChI is InChI=1S/C28H53O6PS/c1-3-5-7-8-9-10-11-15-20-33-21-16-22-34-27(28(31,35-32)26(29)30)36-23-25(17-6-4-2)24-18-13-12-14-19-24/h24-25,27,31H,3-23H2,1-2H3,(H,29,30)/p+1. The fourth-order valence-corrected chi connectivity index (χ4v) is 7.07. The molecule has 0 heterocycles. The van der Waals surface area contributed by atoms with Crippen LogP contribution in [0.1, 0.15) is 123 Å². The molecule has 6 nitrogen and oxygen atoms in total. The van der Waals surface area contributed by atoms with Crippen molar-refractivity contribution in [2.45, 2.75) is 134 Å². The fraction of sp³-hybridized carbons (Fsp3) is 0.964. The van der Waals surface area contributed by atoms with Crippen LogP contribution in [0.15, 0.2) is 0 Å². The van der Waals surface area contributed by atoms with E-state index in [0.717, 1.165) is 38.0 Å². The number of thioether (sulfide) groups is 1. The second kappa shape index (κ2) is 21.7. The van der Waals surface area contributed by atoms with Crippen molar-refractivity contribution in [1.82, 2.24) is 0 Å². The van der Waals surface area contributed by atoms with E-state index in [4.69, 9.17) is 9.47 Å². The number of unbranched alkanes of at least 4 members (excludes halogenated alkanes) is 8. The summed E-state index contributed by atoms with van der Waals surface area (Å²) in [5.74, 6) is 0.367. The minimum absolute atomic E-state index is 0.276. The Bertz CT molecular complexity index is 560. The molecular weight excluding hydrogens is 495 g/mol. The molecule has 0 aromatic heterocycles. The first-order valence-corrected chi connectivity index (χ1v) is 16.6. The Morgan fingerprint density at radius 1 is 0.917 bits per heavy atom. The summed E-state index contributed by atoms with van der Waals surface area (Å²) in [5.41, 5.74) is -1.05. The number of aliphatic hydroxyl groups is 1. The molecule has 0 aromatic rings. The summed E-state index contributed by atoms with van der Waals surface area (Å²) in [6.45, 7) is 5.97. The molecule has 1 aliphatic rings. The van der Waals surface area contributed by atoms with Crippen LogP contribution < -0.4 is 0 Å². The van der Waals surface area contributed by atoms with E-state index in [1.165, 1.54) is 88.8 Å². The number of carboxylic acids is 1. The van der Waals surface area contributed by atoms with Gasteiger partial charge in [0.05, 0.1) is 6.61 Å². The molecule has 8 heteroatoms. The normalized spacial score (nSPS) is 18.2. The molecule has 0 amide bonds. The van der Waals surface area contributed by atoms with E-state index in [1.54, 1.807) is 0 Å². The average Bonchev–Trinajstić information content (AvgIpc) is 2.89. The molecule has 0 saturated heterocycles. The summed E-state index contributed by atoms with van der Waals surface area (Å²) in [5, 5.41) is 17.9. The number of carboxylic acid groups (broad SMARTS) is 1. The highest BCUT2D eigenvalue weighted by molar-refractivity contribution is 8.00. The predicted octanol–water partition coefficient (Wildman–Crippen LogP) is 7.79. The van der Waals surface area contributed by atoms with Crippen molar-refractivity contribution in [3.05, 3.63) is 0 Å². The maximum absolute atomic E-state index is 11.8. The van der Waals surface area contributed by atoms with Gasteiger partial charge in [-0.2, -0.15) is 0 Å². The summed E-state index contributed by atoms with van der Waals surface area (Å²) < 4.78 is 23.3. The molecule has 2 N–H and O–H groups in total. The molecule has 0 radical (unpaired) electrons. The minimum atomic E-state index is -2.38. The van der Waals surface area contributed by atoms with Gasteiger partial charge in [0.2, 0.25) is 0 Å². The maximum atomic E-state index is 11.8. The van der Waals surface area contributed by atoms with Gasteiger partial charge >= 0.3 is 19.8 Å². The topological polar surface area (TPSA) is 93.1 Å². The minimum Gasteiger partial charge on any atom is -0.476 e. The lowest BCUT2D eigenvalue weighted by atomic mass is 9.79. The Morgan fingerprint density at radius 3 is 2.14 bits per heavy atom. The van der Waals surface area contributed by atoms with Crippen LogP contribution in [0.2, 0.25) is 0 Å². The van der Waals surface area contributed by atoms with Gasteiger partial charge in [0.25, 0.3) is 0 Å². The lowest BCUT2D eigenvalue weighted by Crippen LogP contribution is -2.45. The van der Waals surface area contributed by atoms with Crippen LogP contribution in [-0.4, -0.2) is 52.5 Å². The summed E-state index contributed by atoms with van der Waals surface area (Å²) >= 11 is 1.33. The second-order valence-electron chi connectivity index (χ2n) is 10.5. The second-order valence-corrected chi connectivity index (χ2v) is 12.5. The molecule has 36 heavy (non-hydrogen) atoms. The number of rotatable bonds is 24. The van der Waals surface area contributed by atoms with Crippen molar-refractivity contribution in [1.29, 1.82) is 0 Å². The van der Waals surface area contributed by atoms with Crippen LogP contribution in [0.4, 0.5) is 0 Å². The molecule has 1 rings (SSSR count). The zero-order valence-corrected chi connectivity index (χ0v) is 24.8. The molecule has 1 fully saturated rings. The zero-order valence-electron chi connectivity index (χ0n) is 23.0. The molecular formula is C28H54O6PS+. The molecule has 0 bridgehead atoms. The largest absolute Gasteiger partial charge is 0.476 e. The van der Waals surface area contributed by atoms with Gasteiger partial charge in [-0.25, -0.2) is 4.79 Å². The highest BCUT2D eigenvalue weighted by atomic mass is 32.2. The van der Waals surface area contributed by atoms with Gasteiger partial charge in [0.15, 0.2) is 5.44 Å². The van der Waals surface area contributed by atoms with Gasteiger partial charge in [-0.15, -0.1) is 11.8 Å². The van der Waals surface area contributed by atoms with Crippen molar-refractivity contribution in [3.8, 4) is 0 Å². The van der Waals surface area contributed by atoms with Crippen LogP contribution in [0.25, 0.3) is 0 Å². The first kappa shape index (κ1) is 33.8. The summed E-state index contributed by atoms with van der Waals surface area (Å²) in [4.78, 5) is 11.8. The molecule has 1 saturated carbocycles. The Kier molecular flexibility index (Phi) is 20.4. The molecule has 4 unspecified atom stereocenters. The third-order valence-corrected chi connectivity index (χ3v) is 9.77. The first-order chi connectivity index (χ1) is 17.5. The van der Waals surface area contributed by atoms with E-state index in [0.29, 0.717) is 24.9 Å². The van der Waals surface area contributed by atoms with Crippen LogP contribution in [0, 0.1) is 11.8 Å². The molecule has 0 aromatic carbocycles. The van der Waals surface area contributed by atoms with Crippen molar-refractivity contribution in [2.75, 3.05) is 25.6 Å². The Morgan fingerprint density at radius 2 is 1.53 bits per heavy atom. The maximum Gasteiger partial charge on any atom is 0.392 e. The summed E-state index contributed by atoms with van der Waals surface area (Å²) in [7, 11) is -1.39. The van der Waals surface area contributed by atoms with E-state index in [2.05, 4.69) is 13.8 Å². The van der Waals surface area contributed by atoms with Crippen molar-refractivity contribution >= 4 is 26.2 Å². The lowest BCUT2D eigenvalue weighted by Gasteiger charge is -2.32. The van der Waals surface area contributed by atoms with Gasteiger partial charge in [-0.1, -0.05) is 108 Å². The van der Waals surface area contributed by atoms with Gasteiger partial charge in [0, 0.05) is 13.2 Å². The quantitative estimate of drug-likeness (QED) is 0.0721. The SMILES string of the molecule is CCCCCCCCCCOCCCOC(SCC(CCCC)C1CCCCC1)C(O)([PH+]=O)C(=O)O. The molecule has 212 valence electrons. The van der Waals surface area contributed by atoms with E-state index in [-0.39, 0.29) is 6.61 Å². The van der Waals surface area contributed by atoms with Crippen LogP contribution in [-0.2, 0) is 18.8 Å². The van der Waals surface area contributed by atoms with Crippen molar-refractivity contribution in [3.63, 3.8) is 0 Å². The number of hydrogen-bond acceptors (Lipinski definition) is 6. The van der Waals surface area contributed by atoms with E-state index in [9.17, 15) is 19.6 Å². The monoisotopic (exact) mass is 549 g/mol. The predicted molar refractivity (Wildman–Crippen MR) is 151 cm³/mol. The van der Waals surface area contributed by atoms with E-state index < -0.39 is 25.2 Å². The molecule has 1 aliphatic carbocycles. The number of carbonyl (C=O) groups is 1.